The molecule has 1 aliphatic heterocycles. The van der Waals surface area contributed by atoms with E-state index in [0.717, 1.165) is 27.5 Å². The van der Waals surface area contributed by atoms with Gasteiger partial charge in [-0.2, -0.15) is 0 Å². The van der Waals surface area contributed by atoms with Crippen LogP contribution in [0.4, 0.5) is 11.4 Å². The van der Waals surface area contributed by atoms with Crippen molar-refractivity contribution in [1.82, 2.24) is 0 Å². The third-order valence-electron chi connectivity index (χ3n) is 4.91. The number of aryl methyl sites for hydroxylation is 2. The lowest BCUT2D eigenvalue weighted by molar-refractivity contribution is -0.123. The first-order valence-electron chi connectivity index (χ1n) is 9.14. The van der Waals surface area contributed by atoms with Crippen LogP contribution in [0.5, 0.6) is 0 Å². The maximum Gasteiger partial charge on any atom is 0.255 e. The van der Waals surface area contributed by atoms with Crippen molar-refractivity contribution in [1.29, 1.82) is 0 Å². The molecule has 1 heterocycles. The number of sulfonamides is 1. The number of anilines is 2. The zero-order valence-electron chi connectivity index (χ0n) is 16.4. The molecule has 6 nitrogen and oxygen atoms in total. The van der Waals surface area contributed by atoms with Gasteiger partial charge >= 0.3 is 0 Å². The molecule has 2 aromatic carbocycles. The maximum atomic E-state index is 12.8. The van der Waals surface area contributed by atoms with E-state index < -0.39 is 21.3 Å². The molecule has 2 aromatic rings. The molecule has 1 saturated heterocycles. The molecule has 0 spiro atoms. The van der Waals surface area contributed by atoms with Crippen LogP contribution in [0.25, 0.3) is 0 Å². The highest BCUT2D eigenvalue weighted by Gasteiger charge is 2.49. The number of carbonyl (C=O) groups is 2. The van der Waals surface area contributed by atoms with Gasteiger partial charge in [-0.25, -0.2) is 12.7 Å². The van der Waals surface area contributed by atoms with Crippen molar-refractivity contribution in [2.75, 3.05) is 15.4 Å². The van der Waals surface area contributed by atoms with Crippen LogP contribution in [0, 0.1) is 12.3 Å². The second kappa shape index (κ2) is 7.05. The van der Waals surface area contributed by atoms with Gasteiger partial charge in [-0.3, -0.25) is 9.59 Å². The van der Waals surface area contributed by atoms with E-state index in [-0.39, 0.29) is 22.9 Å². The van der Waals surface area contributed by atoms with Crippen molar-refractivity contribution in [3.8, 4) is 0 Å². The molecule has 1 fully saturated rings. The Morgan fingerprint density at radius 3 is 2.46 bits per heavy atom. The Labute approximate surface area is 165 Å². The monoisotopic (exact) mass is 400 g/mol. The second-order valence-corrected chi connectivity index (χ2v) is 9.49. The third kappa shape index (κ3) is 3.54. The van der Waals surface area contributed by atoms with E-state index in [9.17, 15) is 18.0 Å². The molecule has 0 bridgehead atoms. The number of carbonyl (C=O) groups excluding carboxylic acids is 2. The van der Waals surface area contributed by atoms with Crippen LogP contribution in [0.3, 0.4) is 0 Å². The van der Waals surface area contributed by atoms with E-state index >= 15 is 0 Å². The SMILES string of the molecule is CCc1cccc(C)c1NC(=O)c1cccc(N2C(=O)C(C)(C)CS2(=O)=O)c1. The smallest absolute Gasteiger partial charge is 0.255 e. The van der Waals surface area contributed by atoms with Crippen molar-refractivity contribution in [2.24, 2.45) is 5.41 Å². The summed E-state index contributed by atoms with van der Waals surface area (Å²) in [7, 11) is -3.76. The number of para-hydroxylation sites is 1. The van der Waals surface area contributed by atoms with Crippen molar-refractivity contribution < 1.29 is 18.0 Å². The molecular weight excluding hydrogens is 376 g/mol. The molecule has 0 unspecified atom stereocenters. The normalized spacial score (nSPS) is 17.6. The van der Waals surface area contributed by atoms with Gasteiger partial charge in [0.05, 0.1) is 16.9 Å². The number of benzene rings is 2. The maximum absolute atomic E-state index is 12.8. The highest BCUT2D eigenvalue weighted by molar-refractivity contribution is 7.94. The van der Waals surface area contributed by atoms with Crippen LogP contribution in [-0.2, 0) is 21.2 Å². The fourth-order valence-corrected chi connectivity index (χ4v) is 5.52. The Morgan fingerprint density at radius 1 is 1.18 bits per heavy atom. The number of rotatable bonds is 4. The van der Waals surface area contributed by atoms with E-state index in [1.54, 1.807) is 26.0 Å². The molecule has 0 atom stereocenters. The van der Waals surface area contributed by atoms with Gasteiger partial charge in [0, 0.05) is 11.3 Å². The first-order chi connectivity index (χ1) is 13.1. The molecule has 28 heavy (non-hydrogen) atoms. The average Bonchev–Trinajstić information content (AvgIpc) is 2.79. The van der Waals surface area contributed by atoms with Crippen LogP contribution in [0.1, 0.15) is 42.3 Å². The van der Waals surface area contributed by atoms with Crippen molar-refractivity contribution in [3.63, 3.8) is 0 Å². The summed E-state index contributed by atoms with van der Waals surface area (Å²) in [5.74, 6) is -1.09. The largest absolute Gasteiger partial charge is 0.321 e. The van der Waals surface area contributed by atoms with E-state index in [1.165, 1.54) is 12.1 Å². The zero-order valence-corrected chi connectivity index (χ0v) is 17.3. The molecule has 0 aromatic heterocycles. The summed E-state index contributed by atoms with van der Waals surface area (Å²) in [6, 6.07) is 12.0. The van der Waals surface area contributed by atoms with E-state index in [0.29, 0.717) is 0 Å². The molecule has 148 valence electrons. The molecule has 0 saturated carbocycles. The summed E-state index contributed by atoms with van der Waals surface area (Å²) in [6.45, 7) is 7.14. The average molecular weight is 401 g/mol. The molecule has 1 N–H and O–H groups in total. The van der Waals surface area contributed by atoms with Gasteiger partial charge in [0.25, 0.3) is 5.91 Å². The van der Waals surface area contributed by atoms with Gasteiger partial charge in [-0.05, 0) is 56.5 Å². The number of hydrogen-bond acceptors (Lipinski definition) is 4. The van der Waals surface area contributed by atoms with Gasteiger partial charge in [0.2, 0.25) is 15.9 Å². The number of nitrogens with one attached hydrogen (secondary N) is 1. The van der Waals surface area contributed by atoms with Crippen LogP contribution >= 0.6 is 0 Å². The van der Waals surface area contributed by atoms with Crippen LogP contribution in [0.15, 0.2) is 42.5 Å². The predicted octanol–water partition coefficient (Wildman–Crippen LogP) is 3.51. The minimum Gasteiger partial charge on any atom is -0.321 e. The van der Waals surface area contributed by atoms with E-state index in [1.807, 2.05) is 32.0 Å². The molecule has 3 rings (SSSR count). The lowest BCUT2D eigenvalue weighted by Gasteiger charge is -2.18. The highest BCUT2D eigenvalue weighted by Crippen LogP contribution is 2.36. The summed E-state index contributed by atoms with van der Waals surface area (Å²) < 4.78 is 25.8. The predicted molar refractivity (Wildman–Crippen MR) is 110 cm³/mol. The van der Waals surface area contributed by atoms with Gasteiger partial charge in [0.1, 0.15) is 0 Å². The van der Waals surface area contributed by atoms with Crippen molar-refractivity contribution in [2.45, 2.75) is 34.1 Å². The summed E-state index contributed by atoms with van der Waals surface area (Å²) in [6.07, 6.45) is 0.771. The van der Waals surface area contributed by atoms with Gasteiger partial charge in [-0.1, -0.05) is 31.2 Å². The fourth-order valence-electron chi connectivity index (χ4n) is 3.42. The van der Waals surface area contributed by atoms with Crippen molar-refractivity contribution in [3.05, 3.63) is 59.2 Å². The molecule has 7 heteroatoms. The van der Waals surface area contributed by atoms with E-state index in [2.05, 4.69) is 5.32 Å². The zero-order chi connectivity index (χ0) is 20.7. The number of amides is 2. The first-order valence-corrected chi connectivity index (χ1v) is 10.7. The van der Waals surface area contributed by atoms with Crippen LogP contribution in [0.2, 0.25) is 0 Å². The Morgan fingerprint density at radius 2 is 1.86 bits per heavy atom. The number of hydrogen-bond donors (Lipinski definition) is 1. The van der Waals surface area contributed by atoms with E-state index in [4.69, 9.17) is 0 Å². The van der Waals surface area contributed by atoms with Crippen LogP contribution < -0.4 is 9.62 Å². The third-order valence-corrected chi connectivity index (χ3v) is 6.93. The quantitative estimate of drug-likeness (QED) is 0.851. The standard InChI is InChI=1S/C21H24N2O4S/c1-5-15-9-6-8-14(2)18(15)22-19(24)16-10-7-11-17(12-16)23-20(25)21(3,4)13-28(23,26)27/h6-12H,5,13H2,1-4H3,(H,22,24). The molecular formula is C21H24N2O4S. The van der Waals surface area contributed by atoms with Crippen LogP contribution in [-0.4, -0.2) is 26.0 Å². The molecule has 0 aliphatic carbocycles. The molecule has 0 radical (unpaired) electrons. The summed E-state index contributed by atoms with van der Waals surface area (Å²) in [4.78, 5) is 25.4. The first kappa shape index (κ1) is 20.1. The summed E-state index contributed by atoms with van der Waals surface area (Å²) in [5, 5.41) is 2.92. The topological polar surface area (TPSA) is 83.6 Å². The lowest BCUT2D eigenvalue weighted by atomic mass is 9.95. The number of nitrogens with zero attached hydrogens (tertiary/aromatic N) is 1. The summed E-state index contributed by atoms with van der Waals surface area (Å²) >= 11 is 0. The van der Waals surface area contributed by atoms with Gasteiger partial charge in [0.15, 0.2) is 0 Å². The van der Waals surface area contributed by atoms with Gasteiger partial charge in [-0.15, -0.1) is 0 Å². The minimum atomic E-state index is -3.76. The Balaban J connectivity index is 1.95. The fraction of sp³-hybridized carbons (Fsp3) is 0.333. The Bertz CT molecular complexity index is 1060. The molecule has 1 aliphatic rings. The summed E-state index contributed by atoms with van der Waals surface area (Å²) in [5.41, 5.74) is 2.20. The Hall–Kier alpha value is -2.67. The lowest BCUT2D eigenvalue weighted by Crippen LogP contribution is -2.33. The highest BCUT2D eigenvalue weighted by atomic mass is 32.2. The molecule has 2 amide bonds. The second-order valence-electron chi connectivity index (χ2n) is 7.68. The Kier molecular flexibility index (Phi) is 5.06. The van der Waals surface area contributed by atoms with Gasteiger partial charge < -0.3 is 5.32 Å². The minimum absolute atomic E-state index is 0.184. The van der Waals surface area contributed by atoms with Crippen molar-refractivity contribution >= 4 is 33.2 Å².